The van der Waals surface area contributed by atoms with Gasteiger partial charge in [-0.15, -0.1) is 12.3 Å². The van der Waals surface area contributed by atoms with E-state index in [9.17, 15) is 9.59 Å². The average molecular weight is 252 g/mol. The summed E-state index contributed by atoms with van der Waals surface area (Å²) in [5.74, 6) is 0.859. The van der Waals surface area contributed by atoms with Crippen molar-refractivity contribution in [2.24, 2.45) is 0 Å². The minimum Gasteiger partial charge on any atom is -0.478 e. The fourth-order valence-corrected chi connectivity index (χ4v) is 1.38. The molecule has 5 heteroatoms. The van der Waals surface area contributed by atoms with Gasteiger partial charge in [-0.3, -0.25) is 4.79 Å². The number of hydrogen-bond acceptors (Lipinski definition) is 2. The van der Waals surface area contributed by atoms with Crippen LogP contribution < -0.4 is 5.32 Å². The van der Waals surface area contributed by atoms with Crippen LogP contribution in [0.4, 0.5) is 5.69 Å². The molecule has 0 aliphatic rings. The summed E-state index contributed by atoms with van der Waals surface area (Å²) < 4.78 is 0. The number of anilines is 1. The molecule has 0 spiro atoms. The minimum atomic E-state index is -1.13. The fraction of sp³-hybridized carbons (Fsp3) is 0.167. The predicted molar refractivity (Wildman–Crippen MR) is 65.1 cm³/mol. The van der Waals surface area contributed by atoms with Crippen molar-refractivity contribution in [3.63, 3.8) is 0 Å². The summed E-state index contributed by atoms with van der Waals surface area (Å²) in [5.41, 5.74) is 0.162. The highest BCUT2D eigenvalue weighted by atomic mass is 35.5. The number of carboxylic acid groups (broad SMARTS) is 1. The Labute approximate surface area is 104 Å². The summed E-state index contributed by atoms with van der Waals surface area (Å²) in [5, 5.41) is 11.7. The van der Waals surface area contributed by atoms with Crippen molar-refractivity contribution in [3.8, 4) is 12.3 Å². The van der Waals surface area contributed by atoms with E-state index >= 15 is 0 Å². The second-order valence-corrected chi connectivity index (χ2v) is 3.68. The summed E-state index contributed by atoms with van der Waals surface area (Å²) >= 11 is 5.73. The Morgan fingerprint density at radius 1 is 1.47 bits per heavy atom. The molecule has 0 unspecified atom stereocenters. The van der Waals surface area contributed by atoms with E-state index < -0.39 is 5.97 Å². The van der Waals surface area contributed by atoms with Crippen molar-refractivity contribution in [2.45, 2.75) is 12.8 Å². The number of carboxylic acids is 1. The van der Waals surface area contributed by atoms with Crippen LogP contribution >= 0.6 is 11.6 Å². The normalized spacial score (nSPS) is 9.41. The summed E-state index contributed by atoms with van der Waals surface area (Å²) in [6.45, 7) is 0. The largest absolute Gasteiger partial charge is 0.478 e. The van der Waals surface area contributed by atoms with Crippen LogP contribution in [0.15, 0.2) is 18.2 Å². The zero-order valence-electron chi connectivity index (χ0n) is 8.87. The maximum atomic E-state index is 11.4. The van der Waals surface area contributed by atoms with E-state index in [1.165, 1.54) is 18.2 Å². The van der Waals surface area contributed by atoms with Gasteiger partial charge in [0.25, 0.3) is 0 Å². The van der Waals surface area contributed by atoms with Crippen molar-refractivity contribution < 1.29 is 14.7 Å². The lowest BCUT2D eigenvalue weighted by Crippen LogP contribution is -2.14. The van der Waals surface area contributed by atoms with Gasteiger partial charge >= 0.3 is 5.97 Å². The third kappa shape index (κ3) is 3.82. The number of carbonyl (C=O) groups is 2. The zero-order valence-corrected chi connectivity index (χ0v) is 9.62. The van der Waals surface area contributed by atoms with Gasteiger partial charge in [0, 0.05) is 17.9 Å². The van der Waals surface area contributed by atoms with Gasteiger partial charge in [-0.2, -0.15) is 0 Å². The van der Waals surface area contributed by atoms with E-state index in [4.69, 9.17) is 23.1 Å². The molecule has 0 atom stereocenters. The summed E-state index contributed by atoms with van der Waals surface area (Å²) in [7, 11) is 0. The molecule has 1 aromatic carbocycles. The molecule has 1 rings (SSSR count). The number of aromatic carboxylic acids is 1. The van der Waals surface area contributed by atoms with E-state index in [-0.39, 0.29) is 23.6 Å². The quantitative estimate of drug-likeness (QED) is 0.808. The summed E-state index contributed by atoms with van der Waals surface area (Å²) in [6.07, 6.45) is 5.47. The van der Waals surface area contributed by atoms with Crippen molar-refractivity contribution in [3.05, 3.63) is 28.8 Å². The van der Waals surface area contributed by atoms with Crippen LogP contribution in [-0.4, -0.2) is 17.0 Å². The molecule has 0 aliphatic carbocycles. The van der Waals surface area contributed by atoms with Crippen LogP contribution in [0.25, 0.3) is 0 Å². The average Bonchev–Trinajstić information content (AvgIpc) is 2.26. The van der Waals surface area contributed by atoms with Gasteiger partial charge in [0.15, 0.2) is 0 Å². The first-order valence-electron chi connectivity index (χ1n) is 4.80. The molecule has 2 N–H and O–H groups in total. The molecule has 88 valence electrons. The van der Waals surface area contributed by atoms with Gasteiger partial charge in [-0.1, -0.05) is 11.6 Å². The molecule has 0 heterocycles. The van der Waals surface area contributed by atoms with Gasteiger partial charge in [0.1, 0.15) is 0 Å². The highest BCUT2D eigenvalue weighted by Crippen LogP contribution is 2.21. The van der Waals surface area contributed by atoms with Gasteiger partial charge in [-0.05, 0) is 18.2 Å². The molecule has 0 saturated heterocycles. The number of terminal acetylenes is 1. The monoisotopic (exact) mass is 251 g/mol. The number of benzene rings is 1. The molecule has 0 fully saturated rings. The van der Waals surface area contributed by atoms with Crippen molar-refractivity contribution in [1.82, 2.24) is 0 Å². The second-order valence-electron chi connectivity index (χ2n) is 3.25. The number of carbonyl (C=O) groups excluding carboxylic acids is 1. The lowest BCUT2D eigenvalue weighted by Gasteiger charge is -2.08. The Bertz CT molecular complexity index is 491. The van der Waals surface area contributed by atoms with Gasteiger partial charge in [0.05, 0.1) is 11.3 Å². The number of nitrogens with one attached hydrogen (secondary N) is 1. The highest BCUT2D eigenvalue weighted by Gasteiger charge is 2.12. The van der Waals surface area contributed by atoms with E-state index in [1.54, 1.807) is 0 Å². The SMILES string of the molecule is C#CCCC(=O)Nc1cc(Cl)ccc1C(=O)O. The van der Waals surface area contributed by atoms with E-state index in [0.717, 1.165) is 0 Å². The van der Waals surface area contributed by atoms with Crippen LogP contribution in [0.5, 0.6) is 0 Å². The molecule has 17 heavy (non-hydrogen) atoms. The molecule has 0 saturated carbocycles. The predicted octanol–water partition coefficient (Wildman–Crippen LogP) is 2.39. The number of hydrogen-bond donors (Lipinski definition) is 2. The molecular formula is C12H10ClNO3. The Morgan fingerprint density at radius 3 is 2.76 bits per heavy atom. The molecule has 1 amide bonds. The third-order valence-electron chi connectivity index (χ3n) is 1.98. The number of halogens is 1. The van der Waals surface area contributed by atoms with Crippen LogP contribution in [0, 0.1) is 12.3 Å². The topological polar surface area (TPSA) is 66.4 Å². The number of rotatable bonds is 4. The Kier molecular flexibility index (Phi) is 4.56. The van der Waals surface area contributed by atoms with Gasteiger partial charge < -0.3 is 10.4 Å². The molecule has 0 aromatic heterocycles. The molecule has 0 bridgehead atoms. The molecule has 4 nitrogen and oxygen atoms in total. The third-order valence-corrected chi connectivity index (χ3v) is 2.22. The van der Waals surface area contributed by atoms with Crippen LogP contribution in [0.3, 0.4) is 0 Å². The molecule has 0 radical (unpaired) electrons. The first-order chi connectivity index (χ1) is 8.04. The molecule has 0 aliphatic heterocycles. The van der Waals surface area contributed by atoms with Crippen LogP contribution in [0.2, 0.25) is 5.02 Å². The van der Waals surface area contributed by atoms with E-state index in [0.29, 0.717) is 11.4 Å². The smallest absolute Gasteiger partial charge is 0.337 e. The zero-order chi connectivity index (χ0) is 12.8. The minimum absolute atomic E-state index is 0.0107. The first-order valence-corrected chi connectivity index (χ1v) is 5.18. The van der Waals surface area contributed by atoms with Gasteiger partial charge in [-0.25, -0.2) is 4.79 Å². The number of amides is 1. The fourth-order valence-electron chi connectivity index (χ4n) is 1.20. The van der Waals surface area contributed by atoms with Crippen molar-refractivity contribution >= 4 is 29.2 Å². The Balaban J connectivity index is 2.89. The second kappa shape index (κ2) is 5.92. The maximum Gasteiger partial charge on any atom is 0.337 e. The van der Waals surface area contributed by atoms with E-state index in [1.807, 2.05) is 0 Å². The lowest BCUT2D eigenvalue weighted by atomic mass is 10.1. The highest BCUT2D eigenvalue weighted by molar-refractivity contribution is 6.31. The first kappa shape index (κ1) is 13.1. The Hall–Kier alpha value is -1.99. The lowest BCUT2D eigenvalue weighted by molar-refractivity contribution is -0.116. The summed E-state index contributed by atoms with van der Waals surface area (Å²) in [6, 6.07) is 4.17. The summed E-state index contributed by atoms with van der Waals surface area (Å²) in [4.78, 5) is 22.3. The van der Waals surface area contributed by atoms with E-state index in [2.05, 4.69) is 11.2 Å². The maximum absolute atomic E-state index is 11.4. The Morgan fingerprint density at radius 2 is 2.18 bits per heavy atom. The van der Waals surface area contributed by atoms with Crippen molar-refractivity contribution in [2.75, 3.05) is 5.32 Å². The van der Waals surface area contributed by atoms with Gasteiger partial charge in [0.2, 0.25) is 5.91 Å². The molecule has 1 aromatic rings. The van der Waals surface area contributed by atoms with Crippen LogP contribution in [-0.2, 0) is 4.79 Å². The standard InChI is InChI=1S/C12H10ClNO3/c1-2-3-4-11(15)14-10-7-8(13)5-6-9(10)12(16)17/h1,5-7H,3-4H2,(H,14,15)(H,16,17). The molecular weight excluding hydrogens is 242 g/mol. The van der Waals surface area contributed by atoms with Crippen molar-refractivity contribution in [1.29, 1.82) is 0 Å². The van der Waals surface area contributed by atoms with Crippen LogP contribution in [0.1, 0.15) is 23.2 Å².